The van der Waals surface area contributed by atoms with Crippen molar-refractivity contribution in [2.45, 2.75) is 26.0 Å². The van der Waals surface area contributed by atoms with Crippen LogP contribution >= 0.6 is 15.9 Å². The summed E-state index contributed by atoms with van der Waals surface area (Å²) >= 11 is 3.65. The number of para-hydroxylation sites is 1. The van der Waals surface area contributed by atoms with Gasteiger partial charge in [0.2, 0.25) is 5.89 Å². The lowest BCUT2D eigenvalue weighted by Crippen LogP contribution is -2.15. The largest absolute Gasteiger partial charge is 0.405 e. The molecule has 22 heavy (non-hydrogen) atoms. The van der Waals surface area contributed by atoms with E-state index in [1.807, 2.05) is 19.2 Å². The van der Waals surface area contributed by atoms with E-state index in [1.54, 1.807) is 13.8 Å². The maximum Gasteiger partial charge on any atom is 0.315 e. The van der Waals surface area contributed by atoms with Gasteiger partial charge in [-0.05, 0) is 35.8 Å². The maximum atomic E-state index is 9.84. The van der Waals surface area contributed by atoms with Crippen LogP contribution in [0.15, 0.2) is 33.2 Å². The summed E-state index contributed by atoms with van der Waals surface area (Å²) in [6.07, 6.45) is 0. The molecular weight excluding hydrogens is 348 g/mol. The number of nitrogens with zero attached hydrogens (tertiary/aromatic N) is 3. The Balaban J connectivity index is 1.84. The van der Waals surface area contributed by atoms with Gasteiger partial charge in [0, 0.05) is 22.4 Å². The fraction of sp³-hybridized carbons (Fsp3) is 0.333. The van der Waals surface area contributed by atoms with Gasteiger partial charge in [0.05, 0.1) is 12.2 Å². The van der Waals surface area contributed by atoms with Gasteiger partial charge in [0.25, 0.3) is 0 Å². The molecule has 0 bridgehead atoms. The Labute approximate surface area is 136 Å². The molecule has 116 valence electrons. The number of aliphatic hydroxyl groups is 1. The molecule has 3 rings (SSSR count). The fourth-order valence-electron chi connectivity index (χ4n) is 2.30. The second kappa shape index (κ2) is 5.40. The fourth-order valence-corrected chi connectivity index (χ4v) is 3.04. The lowest BCUT2D eigenvalue weighted by atomic mass is 10.1. The summed E-state index contributed by atoms with van der Waals surface area (Å²) in [6, 6.07) is 8.46. The molecule has 0 aliphatic heterocycles. The minimum Gasteiger partial charge on any atom is -0.405 e. The van der Waals surface area contributed by atoms with Gasteiger partial charge in [-0.25, -0.2) is 0 Å². The molecule has 2 aromatic heterocycles. The number of fused-ring (bicyclic) bond motifs is 1. The molecule has 6 nitrogen and oxygen atoms in total. The average Bonchev–Trinajstić information content (AvgIpc) is 3.03. The number of halogens is 1. The zero-order valence-corrected chi connectivity index (χ0v) is 14.2. The van der Waals surface area contributed by atoms with Crippen LogP contribution in [0.4, 0.5) is 6.01 Å². The molecule has 0 fully saturated rings. The standard InChI is InChI=1S/C15H17BrN4O2/c1-15(2,21)13-18-19-14(22-13)17-8-11-12(16)9-6-4-5-7-10(9)20(11)3/h4-7,21H,8H2,1-3H3,(H,17,19). The van der Waals surface area contributed by atoms with Crippen molar-refractivity contribution < 1.29 is 9.52 Å². The SMILES string of the molecule is Cn1c(CNc2nnc(C(C)(C)O)o2)c(Br)c2ccccc21. The number of nitrogens with one attached hydrogen (secondary N) is 1. The van der Waals surface area contributed by atoms with Gasteiger partial charge in [-0.3, -0.25) is 0 Å². The molecule has 0 spiro atoms. The lowest BCUT2D eigenvalue weighted by molar-refractivity contribution is 0.0489. The Hall–Kier alpha value is -1.86. The third kappa shape index (κ3) is 2.62. The third-order valence-electron chi connectivity index (χ3n) is 3.52. The molecule has 2 heterocycles. The minimum absolute atomic E-state index is 0.186. The molecule has 0 saturated heterocycles. The summed E-state index contributed by atoms with van der Waals surface area (Å²) in [6.45, 7) is 3.73. The van der Waals surface area contributed by atoms with E-state index in [0.29, 0.717) is 6.54 Å². The number of aryl methyl sites for hydroxylation is 1. The summed E-state index contributed by atoms with van der Waals surface area (Å²) in [4.78, 5) is 0. The number of aromatic nitrogens is 3. The molecule has 2 N–H and O–H groups in total. The predicted octanol–water partition coefficient (Wildman–Crippen LogP) is 3.16. The van der Waals surface area contributed by atoms with Crippen molar-refractivity contribution in [2.24, 2.45) is 7.05 Å². The van der Waals surface area contributed by atoms with E-state index in [-0.39, 0.29) is 11.9 Å². The highest BCUT2D eigenvalue weighted by Crippen LogP contribution is 2.30. The van der Waals surface area contributed by atoms with Crippen molar-refractivity contribution in [1.82, 2.24) is 14.8 Å². The molecule has 0 atom stereocenters. The summed E-state index contributed by atoms with van der Waals surface area (Å²) < 4.78 is 8.57. The highest BCUT2D eigenvalue weighted by Gasteiger charge is 2.24. The van der Waals surface area contributed by atoms with Gasteiger partial charge >= 0.3 is 6.01 Å². The summed E-state index contributed by atoms with van der Waals surface area (Å²) in [5.74, 6) is 0.186. The topological polar surface area (TPSA) is 76.1 Å². The van der Waals surface area contributed by atoms with Gasteiger partial charge in [0.1, 0.15) is 5.60 Å². The maximum absolute atomic E-state index is 9.84. The molecule has 0 aliphatic rings. The first-order valence-corrected chi connectivity index (χ1v) is 7.69. The Morgan fingerprint density at radius 3 is 2.68 bits per heavy atom. The van der Waals surface area contributed by atoms with E-state index in [4.69, 9.17) is 4.42 Å². The van der Waals surface area contributed by atoms with Gasteiger partial charge in [-0.1, -0.05) is 23.3 Å². The third-order valence-corrected chi connectivity index (χ3v) is 4.40. The average molecular weight is 365 g/mol. The van der Waals surface area contributed by atoms with Crippen molar-refractivity contribution in [3.8, 4) is 0 Å². The van der Waals surface area contributed by atoms with Crippen molar-refractivity contribution in [2.75, 3.05) is 5.32 Å². The summed E-state index contributed by atoms with van der Waals surface area (Å²) in [7, 11) is 2.01. The monoisotopic (exact) mass is 364 g/mol. The predicted molar refractivity (Wildman–Crippen MR) is 87.5 cm³/mol. The van der Waals surface area contributed by atoms with Crippen LogP contribution in [0.1, 0.15) is 25.4 Å². The van der Waals surface area contributed by atoms with E-state index >= 15 is 0 Å². The summed E-state index contributed by atoms with van der Waals surface area (Å²) in [5, 5.41) is 21.8. The van der Waals surface area contributed by atoms with Crippen LogP contribution in [0.25, 0.3) is 10.9 Å². The highest BCUT2D eigenvalue weighted by molar-refractivity contribution is 9.10. The van der Waals surface area contributed by atoms with Crippen LogP contribution < -0.4 is 5.32 Å². The molecule has 7 heteroatoms. The van der Waals surface area contributed by atoms with Crippen LogP contribution in [-0.2, 0) is 19.2 Å². The number of hydrogen-bond donors (Lipinski definition) is 2. The first-order valence-electron chi connectivity index (χ1n) is 6.90. The number of benzene rings is 1. The molecule has 0 saturated carbocycles. The van der Waals surface area contributed by atoms with Crippen LogP contribution in [0.5, 0.6) is 0 Å². The lowest BCUT2D eigenvalue weighted by Gasteiger charge is -2.10. The Bertz CT molecular complexity index is 778. The van der Waals surface area contributed by atoms with Crippen LogP contribution in [-0.4, -0.2) is 19.9 Å². The molecule has 0 radical (unpaired) electrons. The van der Waals surface area contributed by atoms with Crippen molar-refractivity contribution in [3.05, 3.63) is 40.3 Å². The second-order valence-electron chi connectivity index (χ2n) is 5.66. The summed E-state index contributed by atoms with van der Waals surface area (Å²) in [5.41, 5.74) is 1.07. The van der Waals surface area contributed by atoms with Gasteiger partial charge in [-0.15, -0.1) is 5.10 Å². The number of hydrogen-bond acceptors (Lipinski definition) is 5. The number of anilines is 1. The molecule has 1 aromatic carbocycles. The first-order chi connectivity index (χ1) is 10.4. The first kappa shape index (κ1) is 15.1. The van der Waals surface area contributed by atoms with E-state index in [9.17, 15) is 5.11 Å². The normalized spacial score (nSPS) is 12.0. The smallest absolute Gasteiger partial charge is 0.315 e. The van der Waals surface area contributed by atoms with E-state index in [0.717, 1.165) is 21.1 Å². The van der Waals surface area contributed by atoms with E-state index in [1.165, 1.54) is 0 Å². The van der Waals surface area contributed by atoms with Gasteiger partial charge in [0.15, 0.2) is 0 Å². The van der Waals surface area contributed by atoms with E-state index < -0.39 is 5.60 Å². The van der Waals surface area contributed by atoms with Crippen molar-refractivity contribution >= 4 is 32.8 Å². The number of rotatable bonds is 4. The molecule has 0 aliphatic carbocycles. The zero-order valence-electron chi connectivity index (χ0n) is 12.6. The van der Waals surface area contributed by atoms with Gasteiger partial charge < -0.3 is 19.4 Å². The van der Waals surface area contributed by atoms with Crippen LogP contribution in [0.2, 0.25) is 0 Å². The highest BCUT2D eigenvalue weighted by atomic mass is 79.9. The Kier molecular flexibility index (Phi) is 3.70. The van der Waals surface area contributed by atoms with Crippen molar-refractivity contribution in [1.29, 1.82) is 0 Å². The van der Waals surface area contributed by atoms with Crippen LogP contribution in [0, 0.1) is 0 Å². The van der Waals surface area contributed by atoms with Gasteiger partial charge in [-0.2, -0.15) is 0 Å². The molecule has 0 unspecified atom stereocenters. The van der Waals surface area contributed by atoms with Crippen molar-refractivity contribution in [3.63, 3.8) is 0 Å². The quantitative estimate of drug-likeness (QED) is 0.743. The zero-order chi connectivity index (χ0) is 15.9. The van der Waals surface area contributed by atoms with E-state index in [2.05, 4.69) is 48.1 Å². The Morgan fingerprint density at radius 2 is 2.05 bits per heavy atom. The molecular formula is C15H17BrN4O2. The molecule has 3 aromatic rings. The molecule has 0 amide bonds. The Morgan fingerprint density at radius 1 is 1.32 bits per heavy atom. The van der Waals surface area contributed by atoms with Crippen LogP contribution in [0.3, 0.4) is 0 Å². The minimum atomic E-state index is -1.15. The second-order valence-corrected chi connectivity index (χ2v) is 6.45.